The van der Waals surface area contributed by atoms with Crippen molar-refractivity contribution < 1.29 is 18.4 Å². The maximum Gasteiger partial charge on any atom is 0.308 e. The van der Waals surface area contributed by atoms with Crippen LogP contribution in [0.2, 0.25) is 36.3 Å². The van der Waals surface area contributed by atoms with Gasteiger partial charge in [-0.25, -0.2) is 0 Å². The van der Waals surface area contributed by atoms with E-state index in [4.69, 9.17) is 13.6 Å². The molecule has 0 aromatic heterocycles. The number of ether oxygens (including phenoxy) is 1. The van der Waals surface area contributed by atoms with E-state index in [9.17, 15) is 4.79 Å². The van der Waals surface area contributed by atoms with Gasteiger partial charge in [-0.1, -0.05) is 47.6 Å². The van der Waals surface area contributed by atoms with Gasteiger partial charge in [-0.15, -0.1) is 6.58 Å². The van der Waals surface area contributed by atoms with Crippen LogP contribution < -0.4 is 0 Å². The summed E-state index contributed by atoms with van der Waals surface area (Å²) < 4.78 is 18.3. The molecule has 4 nitrogen and oxygen atoms in total. The molecule has 0 heterocycles. The fourth-order valence-electron chi connectivity index (χ4n) is 2.18. The average molecular weight is 417 g/mol. The Morgan fingerprint density at radius 2 is 1.41 bits per heavy atom. The first-order valence-corrected chi connectivity index (χ1v) is 15.9. The molecular formula is C21H44O4Si2. The van der Waals surface area contributed by atoms with Gasteiger partial charge in [0.2, 0.25) is 0 Å². The van der Waals surface area contributed by atoms with E-state index in [0.29, 0.717) is 13.0 Å². The van der Waals surface area contributed by atoms with Crippen LogP contribution in [0, 0.1) is 0 Å². The number of carbonyl (C=O) groups is 1. The summed E-state index contributed by atoms with van der Waals surface area (Å²) in [5.74, 6) is -0.212. The number of rotatable bonds is 10. The predicted molar refractivity (Wildman–Crippen MR) is 120 cm³/mol. The lowest BCUT2D eigenvalue weighted by atomic mass is 10.1. The topological polar surface area (TPSA) is 44.8 Å². The molecule has 0 aliphatic carbocycles. The van der Waals surface area contributed by atoms with Crippen molar-refractivity contribution in [2.24, 2.45) is 0 Å². The number of hydrogen-bond acceptors (Lipinski definition) is 4. The predicted octanol–water partition coefficient (Wildman–Crippen LogP) is 6.30. The first-order chi connectivity index (χ1) is 12.0. The Morgan fingerprint density at radius 3 is 1.78 bits per heavy atom. The van der Waals surface area contributed by atoms with E-state index in [1.54, 1.807) is 0 Å². The van der Waals surface area contributed by atoms with Crippen molar-refractivity contribution in [3.05, 3.63) is 12.7 Å². The summed E-state index contributed by atoms with van der Waals surface area (Å²) in [5, 5.41) is 0.190. The van der Waals surface area contributed by atoms with E-state index in [2.05, 4.69) is 74.3 Å². The molecule has 0 aliphatic rings. The molecule has 0 aliphatic heterocycles. The highest BCUT2D eigenvalue weighted by molar-refractivity contribution is 6.74. The summed E-state index contributed by atoms with van der Waals surface area (Å²) >= 11 is 0. The smallest absolute Gasteiger partial charge is 0.308 e. The second-order valence-corrected chi connectivity index (χ2v) is 19.9. The van der Waals surface area contributed by atoms with Crippen LogP contribution in [0.4, 0.5) is 0 Å². The first kappa shape index (κ1) is 26.6. The van der Waals surface area contributed by atoms with Gasteiger partial charge < -0.3 is 13.6 Å². The lowest BCUT2D eigenvalue weighted by Crippen LogP contribution is -2.47. The Labute approximate surface area is 170 Å². The molecule has 0 amide bonds. The normalized spacial score (nSPS) is 16.0. The van der Waals surface area contributed by atoms with Gasteiger partial charge in [0.05, 0.1) is 25.2 Å². The summed E-state index contributed by atoms with van der Waals surface area (Å²) in [4.78, 5) is 12.2. The highest BCUT2D eigenvalue weighted by Crippen LogP contribution is 2.40. The van der Waals surface area contributed by atoms with E-state index in [1.165, 1.54) is 0 Å². The molecule has 0 aromatic rings. The van der Waals surface area contributed by atoms with Crippen molar-refractivity contribution in [2.45, 2.75) is 110 Å². The Balaban J connectivity index is 5.42. The third-order valence-electron chi connectivity index (χ3n) is 5.98. The van der Waals surface area contributed by atoms with Gasteiger partial charge in [0.25, 0.3) is 0 Å². The number of esters is 1. The van der Waals surface area contributed by atoms with Crippen molar-refractivity contribution in [1.29, 1.82) is 0 Å². The molecule has 0 aromatic carbocycles. The molecule has 0 saturated carbocycles. The molecule has 0 radical (unpaired) electrons. The molecule has 27 heavy (non-hydrogen) atoms. The third kappa shape index (κ3) is 8.63. The Bertz CT molecular complexity index is 487. The van der Waals surface area contributed by atoms with Crippen LogP contribution in [-0.4, -0.2) is 41.4 Å². The summed E-state index contributed by atoms with van der Waals surface area (Å²) in [6.07, 6.45) is 2.38. The Kier molecular flexibility index (Phi) is 9.69. The maximum atomic E-state index is 12.2. The van der Waals surface area contributed by atoms with Crippen molar-refractivity contribution in [2.75, 3.05) is 6.61 Å². The van der Waals surface area contributed by atoms with Crippen molar-refractivity contribution in [3.8, 4) is 0 Å². The van der Waals surface area contributed by atoms with Crippen LogP contribution in [0.3, 0.4) is 0 Å². The third-order valence-corrected chi connectivity index (χ3v) is 15.0. The van der Waals surface area contributed by atoms with Crippen LogP contribution in [0.15, 0.2) is 12.7 Å². The zero-order chi connectivity index (χ0) is 21.7. The summed E-state index contributed by atoms with van der Waals surface area (Å²) in [7, 11) is -3.96. The molecule has 2 atom stereocenters. The van der Waals surface area contributed by atoms with E-state index in [0.717, 1.165) is 0 Å². The van der Waals surface area contributed by atoms with E-state index >= 15 is 0 Å². The quantitative estimate of drug-likeness (QED) is 0.238. The van der Waals surface area contributed by atoms with Gasteiger partial charge in [0.1, 0.15) is 0 Å². The fourth-order valence-corrected chi connectivity index (χ4v) is 4.85. The molecule has 0 fully saturated rings. The minimum atomic E-state index is -2.02. The molecule has 0 N–H and O–H groups in total. The zero-order valence-corrected chi connectivity index (χ0v) is 21.7. The highest BCUT2D eigenvalue weighted by atomic mass is 28.4. The molecule has 0 saturated heterocycles. The Hall–Kier alpha value is -0.436. The lowest BCUT2D eigenvalue weighted by Gasteiger charge is -2.42. The number of hydrogen-bond donors (Lipinski definition) is 0. The van der Waals surface area contributed by atoms with Gasteiger partial charge in [-0.2, -0.15) is 0 Å². The average Bonchev–Trinajstić information content (AvgIpc) is 2.43. The molecule has 0 rings (SSSR count). The second-order valence-electron chi connectivity index (χ2n) is 10.4. The van der Waals surface area contributed by atoms with Gasteiger partial charge in [0.15, 0.2) is 16.6 Å². The first-order valence-electron chi connectivity index (χ1n) is 10.1. The molecule has 0 spiro atoms. The highest BCUT2D eigenvalue weighted by Gasteiger charge is 2.42. The number of carbonyl (C=O) groups excluding carboxylic acids is 1. The monoisotopic (exact) mass is 416 g/mol. The SMILES string of the molecule is C=CC(CC(CC(=O)OCC)O[Si](C)(C)C(C)(C)C)O[Si](C)(C)C(C)(C)C. The maximum absolute atomic E-state index is 12.2. The molecular weight excluding hydrogens is 372 g/mol. The summed E-state index contributed by atoms with van der Waals surface area (Å²) in [6.45, 7) is 28.4. The van der Waals surface area contributed by atoms with Crippen molar-refractivity contribution in [3.63, 3.8) is 0 Å². The van der Waals surface area contributed by atoms with Gasteiger partial charge in [-0.3, -0.25) is 4.79 Å². The largest absolute Gasteiger partial charge is 0.466 e. The van der Waals surface area contributed by atoms with Crippen molar-refractivity contribution in [1.82, 2.24) is 0 Å². The summed E-state index contributed by atoms with van der Waals surface area (Å²) in [5.41, 5.74) is 0. The second kappa shape index (κ2) is 9.85. The molecule has 6 heteroatoms. The Morgan fingerprint density at radius 1 is 0.963 bits per heavy atom. The summed E-state index contributed by atoms with van der Waals surface area (Å²) in [6, 6.07) is 0. The van der Waals surface area contributed by atoms with Crippen LogP contribution in [0.1, 0.15) is 61.3 Å². The molecule has 160 valence electrons. The van der Waals surface area contributed by atoms with Gasteiger partial charge in [-0.05, 0) is 43.2 Å². The van der Waals surface area contributed by atoms with Crippen molar-refractivity contribution >= 4 is 22.6 Å². The lowest BCUT2D eigenvalue weighted by molar-refractivity contribution is -0.145. The van der Waals surface area contributed by atoms with Crippen LogP contribution >= 0.6 is 0 Å². The molecule has 0 bridgehead atoms. The van der Waals surface area contributed by atoms with Crippen LogP contribution in [-0.2, 0) is 18.4 Å². The van der Waals surface area contributed by atoms with Gasteiger partial charge in [0, 0.05) is 6.42 Å². The molecule has 2 unspecified atom stereocenters. The standard InChI is InChI=1S/C21H44O4Si2/c1-13-17(24-26(9,10)20(3,4)5)15-18(16-19(22)23-14-2)25-27(11,12)21(6,7)8/h13,17-18H,1,14-16H2,2-12H3. The van der Waals surface area contributed by atoms with Gasteiger partial charge >= 0.3 is 5.97 Å². The van der Waals surface area contributed by atoms with E-state index in [-0.39, 0.29) is 34.7 Å². The van der Waals surface area contributed by atoms with E-state index < -0.39 is 16.6 Å². The minimum absolute atomic E-state index is 0.0733. The minimum Gasteiger partial charge on any atom is -0.466 e. The zero-order valence-electron chi connectivity index (χ0n) is 19.7. The van der Waals surface area contributed by atoms with Crippen LogP contribution in [0.5, 0.6) is 0 Å². The van der Waals surface area contributed by atoms with E-state index in [1.807, 2.05) is 13.0 Å². The van der Waals surface area contributed by atoms with Crippen LogP contribution in [0.25, 0.3) is 0 Å². The fraction of sp³-hybridized carbons (Fsp3) is 0.857.